The highest BCUT2D eigenvalue weighted by atomic mass is 16.5. The van der Waals surface area contributed by atoms with E-state index < -0.39 is 0 Å². The van der Waals surface area contributed by atoms with E-state index in [1.807, 2.05) is 92.7 Å². The van der Waals surface area contributed by atoms with Crippen molar-refractivity contribution in [3.8, 4) is 11.5 Å². The molecule has 0 aromatic heterocycles. The fourth-order valence-corrected chi connectivity index (χ4v) is 4.91. The lowest BCUT2D eigenvalue weighted by molar-refractivity contribution is 0.0949. The number of carbonyl (C=O) groups is 2. The highest BCUT2D eigenvalue weighted by Crippen LogP contribution is 2.33. The number of hydrogen-bond acceptors (Lipinski definition) is 4. The number of anilines is 3. The lowest BCUT2D eigenvalue weighted by atomic mass is 10.1. The first-order chi connectivity index (χ1) is 20.0. The molecule has 1 fully saturated rings. The highest BCUT2D eigenvalue weighted by Gasteiger charge is 2.21. The van der Waals surface area contributed by atoms with Crippen LogP contribution in [0.2, 0.25) is 0 Å². The van der Waals surface area contributed by atoms with E-state index in [2.05, 4.69) is 15.5 Å². The Kier molecular flexibility index (Phi) is 8.96. The van der Waals surface area contributed by atoms with Gasteiger partial charge in [0.05, 0.1) is 17.1 Å². The van der Waals surface area contributed by atoms with Crippen LogP contribution in [0.5, 0.6) is 11.5 Å². The Morgan fingerprint density at radius 2 is 1.46 bits per heavy atom. The van der Waals surface area contributed by atoms with Crippen molar-refractivity contribution in [1.82, 2.24) is 10.2 Å². The predicted molar refractivity (Wildman–Crippen MR) is 164 cm³/mol. The second-order valence-corrected chi connectivity index (χ2v) is 10.3. The van der Waals surface area contributed by atoms with Gasteiger partial charge in [0.2, 0.25) is 0 Å². The molecule has 0 aliphatic carbocycles. The number of para-hydroxylation sites is 2. The quantitative estimate of drug-likeness (QED) is 0.230. The molecule has 0 radical (unpaired) electrons. The van der Waals surface area contributed by atoms with Gasteiger partial charge in [0, 0.05) is 18.7 Å². The zero-order valence-corrected chi connectivity index (χ0v) is 23.6. The molecule has 2 N–H and O–H groups in total. The van der Waals surface area contributed by atoms with Crippen LogP contribution in [0.15, 0.2) is 97.1 Å². The monoisotopic (exact) mass is 548 g/mol. The number of benzene rings is 4. The van der Waals surface area contributed by atoms with Crippen molar-refractivity contribution in [2.75, 3.05) is 36.4 Å². The molecule has 0 saturated carbocycles. The maximum Gasteiger partial charge on any atom is 0.331 e. The van der Waals surface area contributed by atoms with E-state index in [1.54, 1.807) is 23.1 Å². The Labute approximate surface area is 241 Å². The molecule has 210 valence electrons. The van der Waals surface area contributed by atoms with Crippen LogP contribution in [0.3, 0.4) is 0 Å². The van der Waals surface area contributed by atoms with Gasteiger partial charge in [-0.1, -0.05) is 42.5 Å². The Bertz CT molecular complexity index is 1450. The van der Waals surface area contributed by atoms with E-state index in [0.717, 1.165) is 30.8 Å². The minimum Gasteiger partial charge on any atom is -0.455 e. The molecule has 0 atom stereocenters. The third kappa shape index (κ3) is 7.13. The smallest absolute Gasteiger partial charge is 0.331 e. The molecule has 5 rings (SSSR count). The van der Waals surface area contributed by atoms with Crippen LogP contribution in [0, 0.1) is 13.8 Å². The molecule has 4 aromatic rings. The van der Waals surface area contributed by atoms with Crippen molar-refractivity contribution >= 4 is 29.0 Å². The Morgan fingerprint density at radius 1 is 0.805 bits per heavy atom. The summed E-state index contributed by atoms with van der Waals surface area (Å²) in [4.78, 5) is 30.9. The minimum atomic E-state index is -0.376. The molecule has 1 heterocycles. The van der Waals surface area contributed by atoms with Crippen molar-refractivity contribution < 1.29 is 14.3 Å². The van der Waals surface area contributed by atoms with Crippen molar-refractivity contribution in [1.29, 1.82) is 0 Å². The molecule has 4 aromatic carbocycles. The summed E-state index contributed by atoms with van der Waals surface area (Å²) in [5.41, 5.74) is 4.53. The predicted octanol–water partition coefficient (Wildman–Crippen LogP) is 7.29. The first-order valence-electron chi connectivity index (χ1n) is 14.1. The maximum atomic E-state index is 13.9. The van der Waals surface area contributed by atoms with Crippen LogP contribution in [0.25, 0.3) is 0 Å². The number of urea groups is 1. The Balaban J connectivity index is 1.43. The van der Waals surface area contributed by atoms with Gasteiger partial charge in [0.25, 0.3) is 5.91 Å². The zero-order valence-electron chi connectivity index (χ0n) is 23.6. The van der Waals surface area contributed by atoms with E-state index in [9.17, 15) is 9.59 Å². The van der Waals surface area contributed by atoms with Crippen molar-refractivity contribution in [3.05, 3.63) is 114 Å². The van der Waals surface area contributed by atoms with E-state index in [4.69, 9.17) is 4.74 Å². The van der Waals surface area contributed by atoms with Crippen LogP contribution in [0.1, 0.15) is 34.3 Å². The first-order valence-corrected chi connectivity index (χ1v) is 14.1. The third-order valence-electron chi connectivity index (χ3n) is 7.33. The lowest BCUT2D eigenvalue weighted by Gasteiger charge is -2.24. The number of nitrogens with zero attached hydrogens (tertiary/aromatic N) is 2. The second kappa shape index (κ2) is 13.2. The summed E-state index contributed by atoms with van der Waals surface area (Å²) >= 11 is 0. The fraction of sp³-hybridized carbons (Fsp3) is 0.235. The summed E-state index contributed by atoms with van der Waals surface area (Å²) in [6.07, 6.45) is 2.42. The maximum absolute atomic E-state index is 13.9. The number of rotatable bonds is 9. The SMILES string of the molecule is Cc1ccc(Oc2ccc(C(=O)NCCN3CCCC3)cc2NC(=O)N(c2ccccc2)c2ccccc2)cc1C. The van der Waals surface area contributed by atoms with Gasteiger partial charge in [-0.25, -0.2) is 4.79 Å². The van der Waals surface area contributed by atoms with E-state index in [1.165, 1.54) is 12.8 Å². The highest BCUT2D eigenvalue weighted by molar-refractivity contribution is 6.08. The number of likely N-dealkylation sites (tertiary alicyclic amines) is 1. The van der Waals surface area contributed by atoms with Gasteiger partial charge in [0.1, 0.15) is 5.75 Å². The number of nitrogens with one attached hydrogen (secondary N) is 2. The number of aryl methyl sites for hydroxylation is 2. The minimum absolute atomic E-state index is 0.194. The van der Waals surface area contributed by atoms with Crippen LogP contribution >= 0.6 is 0 Å². The Hall–Kier alpha value is -4.62. The molecule has 0 bridgehead atoms. The molecule has 41 heavy (non-hydrogen) atoms. The molecular weight excluding hydrogens is 512 g/mol. The van der Waals surface area contributed by atoms with Crippen LogP contribution in [0.4, 0.5) is 21.9 Å². The largest absolute Gasteiger partial charge is 0.455 e. The number of ether oxygens (including phenoxy) is 1. The average molecular weight is 549 g/mol. The third-order valence-corrected chi connectivity index (χ3v) is 7.33. The van der Waals surface area contributed by atoms with Gasteiger partial charge in [-0.05, 0) is 106 Å². The van der Waals surface area contributed by atoms with Gasteiger partial charge in [-0.3, -0.25) is 9.69 Å². The molecular formula is C34H36N4O3. The molecule has 1 saturated heterocycles. The summed E-state index contributed by atoms with van der Waals surface area (Å²) in [5.74, 6) is 0.895. The summed E-state index contributed by atoms with van der Waals surface area (Å²) < 4.78 is 6.25. The molecule has 0 spiro atoms. The van der Waals surface area contributed by atoms with Crippen LogP contribution < -0.4 is 20.3 Å². The fourth-order valence-electron chi connectivity index (χ4n) is 4.91. The van der Waals surface area contributed by atoms with Crippen molar-refractivity contribution in [2.45, 2.75) is 26.7 Å². The molecule has 7 heteroatoms. The topological polar surface area (TPSA) is 73.9 Å². The van der Waals surface area contributed by atoms with Gasteiger partial charge in [-0.15, -0.1) is 0 Å². The van der Waals surface area contributed by atoms with Gasteiger partial charge >= 0.3 is 6.03 Å². The first kappa shape index (κ1) is 27.9. The second-order valence-electron chi connectivity index (χ2n) is 10.3. The van der Waals surface area contributed by atoms with Crippen LogP contribution in [-0.2, 0) is 0 Å². The van der Waals surface area contributed by atoms with Crippen molar-refractivity contribution in [3.63, 3.8) is 0 Å². The standard InChI is InChI=1S/C34H36N4O3/c1-25-15-17-30(23-26(25)2)41-32-18-16-27(33(39)35-19-22-37-20-9-10-21-37)24-31(32)36-34(40)38(28-11-5-3-6-12-28)29-13-7-4-8-14-29/h3-8,11-18,23-24H,9-10,19-22H2,1-2H3,(H,35,39)(H,36,40). The molecule has 1 aliphatic heterocycles. The normalized spacial score (nSPS) is 13.0. The molecule has 1 aliphatic rings. The number of hydrogen-bond donors (Lipinski definition) is 2. The molecule has 0 unspecified atom stereocenters. The van der Waals surface area contributed by atoms with Gasteiger partial charge in [-0.2, -0.15) is 0 Å². The molecule has 3 amide bonds. The van der Waals surface area contributed by atoms with E-state index >= 15 is 0 Å². The summed E-state index contributed by atoms with van der Waals surface area (Å²) in [6, 6.07) is 29.5. The van der Waals surface area contributed by atoms with E-state index in [0.29, 0.717) is 40.7 Å². The molecule has 7 nitrogen and oxygen atoms in total. The number of amides is 3. The van der Waals surface area contributed by atoms with Gasteiger partial charge in [0.15, 0.2) is 5.75 Å². The summed E-state index contributed by atoms with van der Waals surface area (Å²) in [6.45, 7) is 7.62. The number of carbonyl (C=O) groups excluding carboxylic acids is 2. The summed E-state index contributed by atoms with van der Waals surface area (Å²) in [7, 11) is 0. The lowest BCUT2D eigenvalue weighted by Crippen LogP contribution is -2.33. The van der Waals surface area contributed by atoms with E-state index in [-0.39, 0.29) is 11.9 Å². The van der Waals surface area contributed by atoms with Crippen LogP contribution in [-0.4, -0.2) is 43.0 Å². The zero-order chi connectivity index (χ0) is 28.6. The van der Waals surface area contributed by atoms with Gasteiger partial charge < -0.3 is 20.3 Å². The summed E-state index contributed by atoms with van der Waals surface area (Å²) in [5, 5.41) is 6.04. The van der Waals surface area contributed by atoms with Crippen molar-refractivity contribution in [2.24, 2.45) is 0 Å². The average Bonchev–Trinajstić information content (AvgIpc) is 3.51. The Morgan fingerprint density at radius 3 is 2.10 bits per heavy atom.